The summed E-state index contributed by atoms with van der Waals surface area (Å²) in [6.45, 7) is 0.768. The number of hydrogen-bond acceptors (Lipinski definition) is 3. The molecule has 2 amide bonds. The van der Waals surface area contributed by atoms with E-state index in [9.17, 15) is 14.0 Å². The largest absolute Gasteiger partial charge is 0.352 e. The molecular formula is C19H15FN2O2S. The molecule has 1 aliphatic heterocycles. The molecule has 0 spiro atoms. The standard InChI is InChI=1S/C19H15FN2O2S/c20-15-3-1-2-13(11-15)17-18(23)21-7-8-22(17)19(24)14-4-5-16-12(10-14)6-9-25-16/h1-6,9-11,17H,7-8H2,(H,21,23). The molecule has 6 heteroatoms. The van der Waals surface area contributed by atoms with Crippen LogP contribution in [0.25, 0.3) is 10.1 Å². The van der Waals surface area contributed by atoms with E-state index in [4.69, 9.17) is 0 Å². The molecule has 2 heterocycles. The lowest BCUT2D eigenvalue weighted by molar-refractivity contribution is -0.128. The Hall–Kier alpha value is -2.73. The third-order valence-electron chi connectivity index (χ3n) is 4.34. The first kappa shape index (κ1) is 15.8. The van der Waals surface area contributed by atoms with E-state index in [2.05, 4.69) is 5.32 Å². The van der Waals surface area contributed by atoms with Crippen molar-refractivity contribution in [1.82, 2.24) is 10.2 Å². The van der Waals surface area contributed by atoms with Gasteiger partial charge in [0.1, 0.15) is 11.9 Å². The summed E-state index contributed by atoms with van der Waals surface area (Å²) in [4.78, 5) is 26.9. The van der Waals surface area contributed by atoms with Crippen molar-refractivity contribution in [3.8, 4) is 0 Å². The van der Waals surface area contributed by atoms with Crippen LogP contribution < -0.4 is 5.32 Å². The average molecular weight is 354 g/mol. The molecule has 1 N–H and O–H groups in total. The lowest BCUT2D eigenvalue weighted by Gasteiger charge is -2.35. The van der Waals surface area contributed by atoms with Crippen LogP contribution in [0.5, 0.6) is 0 Å². The van der Waals surface area contributed by atoms with Crippen molar-refractivity contribution in [3.05, 3.63) is 70.9 Å². The smallest absolute Gasteiger partial charge is 0.254 e. The van der Waals surface area contributed by atoms with E-state index in [-0.39, 0.29) is 11.8 Å². The van der Waals surface area contributed by atoms with Crippen LogP contribution in [-0.4, -0.2) is 29.8 Å². The van der Waals surface area contributed by atoms with Crippen molar-refractivity contribution in [2.75, 3.05) is 13.1 Å². The number of halogens is 1. The first-order valence-corrected chi connectivity index (χ1v) is 8.83. The van der Waals surface area contributed by atoms with E-state index in [1.165, 1.54) is 17.0 Å². The van der Waals surface area contributed by atoms with Gasteiger partial charge >= 0.3 is 0 Å². The lowest BCUT2D eigenvalue weighted by Crippen LogP contribution is -2.52. The van der Waals surface area contributed by atoms with Crippen LogP contribution in [0.1, 0.15) is 22.0 Å². The molecule has 1 aliphatic rings. The van der Waals surface area contributed by atoms with Crippen molar-refractivity contribution >= 4 is 33.2 Å². The molecule has 4 nitrogen and oxygen atoms in total. The summed E-state index contributed by atoms with van der Waals surface area (Å²) in [6.07, 6.45) is 0. The van der Waals surface area contributed by atoms with Crippen LogP contribution >= 0.6 is 11.3 Å². The second-order valence-electron chi connectivity index (χ2n) is 5.92. The molecule has 1 unspecified atom stereocenters. The van der Waals surface area contributed by atoms with Gasteiger partial charge in [-0.05, 0) is 52.7 Å². The average Bonchev–Trinajstić information content (AvgIpc) is 3.08. The molecule has 0 saturated carbocycles. The molecule has 2 aromatic carbocycles. The van der Waals surface area contributed by atoms with Crippen molar-refractivity contribution in [1.29, 1.82) is 0 Å². The maximum Gasteiger partial charge on any atom is 0.254 e. The Morgan fingerprint density at radius 1 is 1.20 bits per heavy atom. The first-order valence-electron chi connectivity index (χ1n) is 7.95. The summed E-state index contributed by atoms with van der Waals surface area (Å²) in [7, 11) is 0. The van der Waals surface area contributed by atoms with Gasteiger partial charge in [0.15, 0.2) is 0 Å². The third kappa shape index (κ3) is 2.89. The van der Waals surface area contributed by atoms with E-state index in [1.807, 2.05) is 23.6 Å². The van der Waals surface area contributed by atoms with Crippen molar-refractivity contribution < 1.29 is 14.0 Å². The maximum atomic E-state index is 13.6. The van der Waals surface area contributed by atoms with Crippen molar-refractivity contribution in [3.63, 3.8) is 0 Å². The van der Waals surface area contributed by atoms with Gasteiger partial charge < -0.3 is 10.2 Å². The van der Waals surface area contributed by atoms with E-state index in [0.717, 1.165) is 10.1 Å². The van der Waals surface area contributed by atoms with Gasteiger partial charge in [0, 0.05) is 23.4 Å². The second kappa shape index (κ2) is 6.29. The quantitative estimate of drug-likeness (QED) is 0.767. The van der Waals surface area contributed by atoms with Crippen LogP contribution in [0.4, 0.5) is 4.39 Å². The van der Waals surface area contributed by atoms with E-state index in [1.54, 1.807) is 29.5 Å². The summed E-state index contributed by atoms with van der Waals surface area (Å²) < 4.78 is 14.7. The molecule has 1 saturated heterocycles. The summed E-state index contributed by atoms with van der Waals surface area (Å²) >= 11 is 1.61. The highest BCUT2D eigenvalue weighted by molar-refractivity contribution is 7.17. The molecule has 0 radical (unpaired) electrons. The number of nitrogens with one attached hydrogen (secondary N) is 1. The Morgan fingerprint density at radius 3 is 2.92 bits per heavy atom. The predicted octanol–water partition coefficient (Wildman–Crippen LogP) is 3.35. The van der Waals surface area contributed by atoms with Crippen molar-refractivity contribution in [2.45, 2.75) is 6.04 Å². The van der Waals surface area contributed by atoms with Gasteiger partial charge in [0.2, 0.25) is 5.91 Å². The predicted molar refractivity (Wildman–Crippen MR) is 95.0 cm³/mol. The molecule has 126 valence electrons. The highest BCUT2D eigenvalue weighted by atomic mass is 32.1. The molecule has 1 atom stereocenters. The third-order valence-corrected chi connectivity index (χ3v) is 5.23. The van der Waals surface area contributed by atoms with E-state index < -0.39 is 11.9 Å². The minimum Gasteiger partial charge on any atom is -0.352 e. The molecule has 0 bridgehead atoms. The summed E-state index contributed by atoms with van der Waals surface area (Å²) in [5, 5.41) is 5.73. The zero-order valence-electron chi connectivity index (χ0n) is 13.2. The van der Waals surface area contributed by atoms with E-state index in [0.29, 0.717) is 24.2 Å². The SMILES string of the molecule is O=C1NCCN(C(=O)c2ccc3sccc3c2)C1c1cccc(F)c1. The molecule has 3 aromatic rings. The van der Waals surface area contributed by atoms with Gasteiger partial charge in [-0.3, -0.25) is 9.59 Å². The number of hydrogen-bond donors (Lipinski definition) is 1. The number of nitrogens with zero attached hydrogens (tertiary/aromatic N) is 1. The van der Waals surface area contributed by atoms with Crippen LogP contribution in [0, 0.1) is 5.82 Å². The normalized spacial score (nSPS) is 17.6. The number of piperazine rings is 1. The Kier molecular flexibility index (Phi) is 3.97. The molecular weight excluding hydrogens is 339 g/mol. The van der Waals surface area contributed by atoms with Crippen molar-refractivity contribution in [2.24, 2.45) is 0 Å². The fraction of sp³-hybridized carbons (Fsp3) is 0.158. The van der Waals surface area contributed by atoms with Gasteiger partial charge in [-0.1, -0.05) is 12.1 Å². The molecule has 1 fully saturated rings. The van der Waals surface area contributed by atoms with Crippen LogP contribution in [0.15, 0.2) is 53.9 Å². The topological polar surface area (TPSA) is 49.4 Å². The number of benzene rings is 2. The van der Waals surface area contributed by atoms with Gasteiger partial charge in [-0.15, -0.1) is 11.3 Å². The monoisotopic (exact) mass is 354 g/mol. The number of carbonyl (C=O) groups is 2. The summed E-state index contributed by atoms with van der Waals surface area (Å²) in [5.41, 5.74) is 1.00. The summed E-state index contributed by atoms with van der Waals surface area (Å²) in [6, 6.07) is 12.5. The van der Waals surface area contributed by atoms with Crippen LogP contribution in [0.3, 0.4) is 0 Å². The minimum atomic E-state index is -0.824. The van der Waals surface area contributed by atoms with Crippen LogP contribution in [0.2, 0.25) is 0 Å². The summed E-state index contributed by atoms with van der Waals surface area (Å²) in [5.74, 6) is -0.943. The first-order chi connectivity index (χ1) is 12.1. The molecule has 4 rings (SSSR count). The van der Waals surface area contributed by atoms with Crippen LogP contribution in [-0.2, 0) is 4.79 Å². The Morgan fingerprint density at radius 2 is 2.08 bits per heavy atom. The lowest BCUT2D eigenvalue weighted by atomic mass is 10.0. The molecule has 0 aliphatic carbocycles. The molecule has 1 aromatic heterocycles. The van der Waals surface area contributed by atoms with Gasteiger partial charge in [0.25, 0.3) is 5.91 Å². The zero-order valence-corrected chi connectivity index (χ0v) is 14.1. The zero-order chi connectivity index (χ0) is 17.4. The number of rotatable bonds is 2. The highest BCUT2D eigenvalue weighted by Gasteiger charge is 2.35. The minimum absolute atomic E-state index is 0.225. The number of thiophene rings is 1. The molecule has 25 heavy (non-hydrogen) atoms. The maximum absolute atomic E-state index is 13.6. The highest BCUT2D eigenvalue weighted by Crippen LogP contribution is 2.28. The Labute approximate surface area is 147 Å². The second-order valence-corrected chi connectivity index (χ2v) is 6.87. The number of carbonyl (C=O) groups excluding carboxylic acids is 2. The number of fused-ring (bicyclic) bond motifs is 1. The Bertz CT molecular complexity index is 969. The Balaban J connectivity index is 1.72. The van der Waals surface area contributed by atoms with Gasteiger partial charge in [-0.2, -0.15) is 0 Å². The fourth-order valence-electron chi connectivity index (χ4n) is 3.16. The van der Waals surface area contributed by atoms with E-state index >= 15 is 0 Å². The van der Waals surface area contributed by atoms with Gasteiger partial charge in [0.05, 0.1) is 0 Å². The van der Waals surface area contributed by atoms with Gasteiger partial charge in [-0.25, -0.2) is 4.39 Å². The number of amides is 2. The fourth-order valence-corrected chi connectivity index (χ4v) is 3.93.